The van der Waals surface area contributed by atoms with Gasteiger partial charge in [0, 0.05) is 6.07 Å². The summed E-state index contributed by atoms with van der Waals surface area (Å²) in [5.41, 5.74) is 6.01. The van der Waals surface area contributed by atoms with Crippen LogP contribution in [-0.4, -0.2) is 4.99 Å². The second kappa shape index (κ2) is 5.74. The van der Waals surface area contributed by atoms with E-state index in [1.807, 2.05) is 0 Å². The molecule has 0 saturated carbocycles. The van der Waals surface area contributed by atoms with Gasteiger partial charge in [-0.25, -0.2) is 4.39 Å². The fourth-order valence-corrected chi connectivity index (χ4v) is 2.15. The molecule has 0 heterocycles. The van der Waals surface area contributed by atoms with Crippen molar-refractivity contribution in [1.29, 1.82) is 0 Å². The molecule has 0 amide bonds. The van der Waals surface area contributed by atoms with Crippen molar-refractivity contribution in [3.05, 3.63) is 57.8 Å². The third kappa shape index (κ3) is 3.15. The van der Waals surface area contributed by atoms with E-state index in [4.69, 9.17) is 45.9 Å². The molecule has 0 aliphatic heterocycles. The third-order valence-corrected chi connectivity index (χ3v) is 3.17. The predicted molar refractivity (Wildman–Crippen MR) is 78.8 cm³/mol. The number of thiocarbonyl (C=S) groups is 1. The van der Waals surface area contributed by atoms with Crippen molar-refractivity contribution >= 4 is 40.4 Å². The highest BCUT2D eigenvalue weighted by Gasteiger charge is 2.12. The minimum Gasteiger partial charge on any atom is -0.456 e. The van der Waals surface area contributed by atoms with Crippen LogP contribution in [0, 0.1) is 5.82 Å². The molecule has 0 saturated heterocycles. The summed E-state index contributed by atoms with van der Waals surface area (Å²) in [6, 6.07) is 9.09. The van der Waals surface area contributed by atoms with Crippen LogP contribution in [0.5, 0.6) is 11.5 Å². The van der Waals surface area contributed by atoms with Gasteiger partial charge in [-0.05, 0) is 24.3 Å². The van der Waals surface area contributed by atoms with Gasteiger partial charge in [-0.1, -0.05) is 41.5 Å². The van der Waals surface area contributed by atoms with Gasteiger partial charge in [0.2, 0.25) is 0 Å². The van der Waals surface area contributed by atoms with Gasteiger partial charge in [-0.3, -0.25) is 0 Å². The molecule has 2 aromatic rings. The van der Waals surface area contributed by atoms with Gasteiger partial charge in [0.05, 0.1) is 15.6 Å². The van der Waals surface area contributed by atoms with E-state index >= 15 is 0 Å². The first-order chi connectivity index (χ1) is 8.99. The molecule has 0 spiro atoms. The van der Waals surface area contributed by atoms with Crippen molar-refractivity contribution in [1.82, 2.24) is 0 Å². The highest BCUT2D eigenvalue weighted by molar-refractivity contribution is 7.80. The number of hydrogen-bond donors (Lipinski definition) is 1. The van der Waals surface area contributed by atoms with Crippen molar-refractivity contribution in [2.45, 2.75) is 0 Å². The molecule has 19 heavy (non-hydrogen) atoms. The summed E-state index contributed by atoms with van der Waals surface area (Å²) >= 11 is 16.5. The lowest BCUT2D eigenvalue weighted by atomic mass is 10.2. The third-order valence-electron chi connectivity index (χ3n) is 2.34. The molecular formula is C13H8Cl2FNOS. The summed E-state index contributed by atoms with van der Waals surface area (Å²) in [6.07, 6.45) is 0. The van der Waals surface area contributed by atoms with Gasteiger partial charge >= 0.3 is 0 Å². The Morgan fingerprint density at radius 2 is 1.89 bits per heavy atom. The minimum absolute atomic E-state index is 0.0213. The molecular weight excluding hydrogens is 308 g/mol. The zero-order valence-corrected chi connectivity index (χ0v) is 11.8. The molecule has 2 aromatic carbocycles. The Bertz CT molecular complexity index is 649. The van der Waals surface area contributed by atoms with Crippen LogP contribution >= 0.6 is 35.4 Å². The Labute approximate surface area is 124 Å². The Morgan fingerprint density at radius 3 is 2.53 bits per heavy atom. The van der Waals surface area contributed by atoms with Crippen molar-refractivity contribution < 1.29 is 9.13 Å². The van der Waals surface area contributed by atoms with E-state index in [1.165, 1.54) is 18.2 Å². The maximum Gasteiger partial charge on any atom is 0.145 e. The van der Waals surface area contributed by atoms with Gasteiger partial charge < -0.3 is 10.5 Å². The van der Waals surface area contributed by atoms with Crippen molar-refractivity contribution in [3.63, 3.8) is 0 Å². The zero-order chi connectivity index (χ0) is 14.0. The summed E-state index contributed by atoms with van der Waals surface area (Å²) in [7, 11) is 0. The maximum atomic E-state index is 13.3. The molecule has 2 rings (SSSR count). The van der Waals surface area contributed by atoms with Gasteiger partial charge in [-0.2, -0.15) is 0 Å². The smallest absolute Gasteiger partial charge is 0.145 e. The molecule has 0 radical (unpaired) electrons. The summed E-state index contributed by atoms with van der Waals surface area (Å²) in [6.45, 7) is 0. The largest absolute Gasteiger partial charge is 0.456 e. The molecule has 0 atom stereocenters. The normalized spacial score (nSPS) is 10.3. The van der Waals surface area contributed by atoms with E-state index in [9.17, 15) is 4.39 Å². The first-order valence-electron chi connectivity index (χ1n) is 5.20. The first-order valence-corrected chi connectivity index (χ1v) is 6.36. The highest BCUT2D eigenvalue weighted by atomic mass is 35.5. The number of benzene rings is 2. The number of nitrogens with two attached hydrogens (primary N) is 1. The second-order valence-electron chi connectivity index (χ2n) is 3.66. The van der Waals surface area contributed by atoms with Crippen LogP contribution in [0.2, 0.25) is 10.0 Å². The summed E-state index contributed by atoms with van der Waals surface area (Å²) in [4.78, 5) is 0.107. The van der Waals surface area contributed by atoms with E-state index in [2.05, 4.69) is 0 Å². The fraction of sp³-hybridized carbons (Fsp3) is 0. The molecule has 2 nitrogen and oxygen atoms in total. The lowest BCUT2D eigenvalue weighted by Gasteiger charge is -2.11. The van der Waals surface area contributed by atoms with Gasteiger partial charge in [-0.15, -0.1) is 0 Å². The molecule has 0 aliphatic rings. The average molecular weight is 316 g/mol. The van der Waals surface area contributed by atoms with Crippen LogP contribution in [0.15, 0.2) is 36.4 Å². The molecule has 0 bridgehead atoms. The van der Waals surface area contributed by atoms with Crippen molar-refractivity contribution in [2.75, 3.05) is 0 Å². The Kier molecular flexibility index (Phi) is 4.24. The quantitative estimate of drug-likeness (QED) is 0.843. The molecule has 98 valence electrons. The van der Waals surface area contributed by atoms with Crippen LogP contribution in [0.4, 0.5) is 4.39 Å². The van der Waals surface area contributed by atoms with E-state index in [-0.39, 0.29) is 15.8 Å². The van der Waals surface area contributed by atoms with E-state index in [0.29, 0.717) is 16.3 Å². The topological polar surface area (TPSA) is 35.2 Å². The number of hydrogen-bond acceptors (Lipinski definition) is 2. The average Bonchev–Trinajstić information content (AvgIpc) is 2.33. The Hall–Kier alpha value is -1.36. The monoisotopic (exact) mass is 315 g/mol. The summed E-state index contributed by atoms with van der Waals surface area (Å²) in [5, 5.41) is 0.396. The standard InChI is InChI=1S/C13H8Cl2FNOS/c14-8-5-4-7(6-10(8)16)18-11-3-1-2-9(15)12(11)13(17)19/h1-6H,(H2,17,19). The van der Waals surface area contributed by atoms with Gasteiger partial charge in [0.25, 0.3) is 0 Å². The molecule has 6 heteroatoms. The number of halogens is 3. The van der Waals surface area contributed by atoms with Crippen molar-refractivity contribution in [2.24, 2.45) is 5.73 Å². The fourth-order valence-electron chi connectivity index (χ4n) is 1.50. The molecule has 0 aliphatic carbocycles. The second-order valence-corrected chi connectivity index (χ2v) is 4.91. The molecule has 0 unspecified atom stereocenters. The zero-order valence-electron chi connectivity index (χ0n) is 9.49. The maximum absolute atomic E-state index is 13.3. The number of ether oxygens (including phenoxy) is 1. The van der Waals surface area contributed by atoms with Crippen LogP contribution in [0.25, 0.3) is 0 Å². The predicted octanol–water partition coefficient (Wildman–Crippen LogP) is 4.56. The van der Waals surface area contributed by atoms with Crippen LogP contribution in [0.3, 0.4) is 0 Å². The molecule has 0 fully saturated rings. The van der Waals surface area contributed by atoms with Gasteiger partial charge in [0.1, 0.15) is 22.3 Å². The first kappa shape index (κ1) is 14.1. The van der Waals surface area contributed by atoms with E-state index in [0.717, 1.165) is 0 Å². The lowest BCUT2D eigenvalue weighted by molar-refractivity contribution is 0.476. The molecule has 0 aromatic heterocycles. The summed E-state index contributed by atoms with van der Waals surface area (Å²) in [5.74, 6) is 0.0708. The summed E-state index contributed by atoms with van der Waals surface area (Å²) < 4.78 is 18.9. The highest BCUT2D eigenvalue weighted by Crippen LogP contribution is 2.31. The SMILES string of the molecule is NC(=S)c1c(Cl)cccc1Oc1ccc(Cl)c(F)c1. The van der Waals surface area contributed by atoms with Crippen LogP contribution < -0.4 is 10.5 Å². The Morgan fingerprint density at radius 1 is 1.16 bits per heavy atom. The van der Waals surface area contributed by atoms with E-state index in [1.54, 1.807) is 18.2 Å². The van der Waals surface area contributed by atoms with Crippen LogP contribution in [-0.2, 0) is 0 Å². The van der Waals surface area contributed by atoms with E-state index < -0.39 is 5.82 Å². The molecule has 2 N–H and O–H groups in total. The lowest BCUT2D eigenvalue weighted by Crippen LogP contribution is -2.11. The van der Waals surface area contributed by atoms with Crippen LogP contribution in [0.1, 0.15) is 5.56 Å². The number of rotatable bonds is 3. The Balaban J connectivity index is 2.40. The van der Waals surface area contributed by atoms with Crippen molar-refractivity contribution in [3.8, 4) is 11.5 Å². The van der Waals surface area contributed by atoms with Gasteiger partial charge in [0.15, 0.2) is 0 Å². The minimum atomic E-state index is -0.571.